The highest BCUT2D eigenvalue weighted by atomic mass is 32.1. The molecule has 24 heavy (non-hydrogen) atoms. The average Bonchev–Trinajstić information content (AvgIpc) is 2.93. The summed E-state index contributed by atoms with van der Waals surface area (Å²) in [5.74, 6) is -1.95. The van der Waals surface area contributed by atoms with Crippen molar-refractivity contribution in [3.63, 3.8) is 0 Å². The molecule has 0 aliphatic rings. The van der Waals surface area contributed by atoms with Crippen molar-refractivity contribution < 1.29 is 19.5 Å². The van der Waals surface area contributed by atoms with Gasteiger partial charge in [0.15, 0.2) is 0 Å². The summed E-state index contributed by atoms with van der Waals surface area (Å²) in [6.45, 7) is 7.35. The van der Waals surface area contributed by atoms with Crippen LogP contribution in [0.2, 0.25) is 0 Å². The van der Waals surface area contributed by atoms with E-state index in [-0.39, 0.29) is 17.7 Å². The van der Waals surface area contributed by atoms with E-state index in [4.69, 9.17) is 0 Å². The topological polar surface area (TPSA) is 108 Å². The molecule has 1 aromatic rings. The summed E-state index contributed by atoms with van der Waals surface area (Å²) in [6, 6.07) is -1.83. The maximum Gasteiger partial charge on any atom is 0.326 e. The van der Waals surface area contributed by atoms with Crippen molar-refractivity contribution >= 4 is 29.1 Å². The zero-order valence-corrected chi connectivity index (χ0v) is 15.3. The lowest BCUT2D eigenvalue weighted by Gasteiger charge is -2.23. The number of thiazole rings is 1. The minimum absolute atomic E-state index is 0.0317. The minimum Gasteiger partial charge on any atom is -0.480 e. The van der Waals surface area contributed by atoms with Crippen molar-refractivity contribution in [3.8, 4) is 0 Å². The van der Waals surface area contributed by atoms with Crippen molar-refractivity contribution in [1.29, 1.82) is 0 Å². The van der Waals surface area contributed by atoms with E-state index in [1.807, 2.05) is 20.8 Å². The van der Waals surface area contributed by atoms with Gasteiger partial charge in [-0.15, -0.1) is 11.3 Å². The van der Waals surface area contributed by atoms with Gasteiger partial charge in [0.05, 0.1) is 11.2 Å². The second-order valence-electron chi connectivity index (χ2n) is 6.94. The average molecular weight is 355 g/mol. The summed E-state index contributed by atoms with van der Waals surface area (Å²) in [4.78, 5) is 39.3. The summed E-state index contributed by atoms with van der Waals surface area (Å²) in [5.41, 5.74) is 2.28. The first-order valence-electron chi connectivity index (χ1n) is 7.76. The molecule has 0 fully saturated rings. The molecule has 0 saturated carbocycles. The third-order valence-corrected chi connectivity index (χ3v) is 4.02. The number of hydrogen-bond acceptors (Lipinski definition) is 5. The van der Waals surface area contributed by atoms with Crippen molar-refractivity contribution in [3.05, 3.63) is 16.6 Å². The first-order chi connectivity index (χ1) is 11.1. The molecule has 2 amide bonds. The smallest absolute Gasteiger partial charge is 0.326 e. The van der Waals surface area contributed by atoms with Crippen LogP contribution in [0.4, 0.5) is 0 Å². The normalized spacial score (nSPS) is 13.8. The summed E-state index contributed by atoms with van der Waals surface area (Å²) in [6.07, 6.45) is 1.20. The number of rotatable bonds is 8. The summed E-state index contributed by atoms with van der Waals surface area (Å²) < 4.78 is 0. The monoisotopic (exact) mass is 355 g/mol. The third-order valence-electron chi connectivity index (χ3n) is 3.39. The Morgan fingerprint density at radius 3 is 2.38 bits per heavy atom. The van der Waals surface area contributed by atoms with Crippen LogP contribution >= 0.6 is 11.3 Å². The molecule has 134 valence electrons. The second-order valence-corrected chi connectivity index (χ2v) is 7.65. The molecule has 2 atom stereocenters. The van der Waals surface area contributed by atoms with E-state index in [9.17, 15) is 19.5 Å². The van der Waals surface area contributed by atoms with Gasteiger partial charge in [0, 0.05) is 18.7 Å². The summed E-state index contributed by atoms with van der Waals surface area (Å²) >= 11 is 1.39. The lowest BCUT2D eigenvalue weighted by atomic mass is 9.88. The highest BCUT2D eigenvalue weighted by Gasteiger charge is 2.27. The second kappa shape index (κ2) is 8.77. The number of amides is 2. The first-order valence-corrected chi connectivity index (χ1v) is 8.70. The van der Waals surface area contributed by atoms with E-state index < -0.39 is 24.0 Å². The zero-order valence-electron chi connectivity index (χ0n) is 14.5. The van der Waals surface area contributed by atoms with Gasteiger partial charge in [-0.3, -0.25) is 9.59 Å². The molecule has 1 aromatic heterocycles. The predicted molar refractivity (Wildman–Crippen MR) is 91.7 cm³/mol. The molecular formula is C16H25N3O4S. The number of aliphatic carboxylic acids is 1. The maximum atomic E-state index is 12.4. The van der Waals surface area contributed by atoms with Crippen LogP contribution in [0.5, 0.6) is 0 Å². The fourth-order valence-corrected chi connectivity index (χ4v) is 2.68. The van der Waals surface area contributed by atoms with E-state index >= 15 is 0 Å². The summed E-state index contributed by atoms with van der Waals surface area (Å²) in [7, 11) is 0. The van der Waals surface area contributed by atoms with Gasteiger partial charge in [-0.1, -0.05) is 20.8 Å². The molecule has 0 aromatic carbocycles. The number of carboxylic acids is 1. The lowest BCUT2D eigenvalue weighted by Crippen LogP contribution is -2.52. The van der Waals surface area contributed by atoms with Crippen LogP contribution in [0.15, 0.2) is 10.9 Å². The van der Waals surface area contributed by atoms with Gasteiger partial charge in [-0.25, -0.2) is 9.78 Å². The molecule has 1 heterocycles. The fourth-order valence-electron chi connectivity index (χ4n) is 2.11. The maximum absolute atomic E-state index is 12.4. The third kappa shape index (κ3) is 7.54. The van der Waals surface area contributed by atoms with E-state index in [0.29, 0.717) is 18.5 Å². The van der Waals surface area contributed by atoms with Crippen molar-refractivity contribution in [2.24, 2.45) is 5.41 Å². The number of carbonyl (C=O) groups is 3. The molecular weight excluding hydrogens is 330 g/mol. The van der Waals surface area contributed by atoms with Crippen LogP contribution < -0.4 is 10.6 Å². The van der Waals surface area contributed by atoms with Gasteiger partial charge < -0.3 is 15.7 Å². The Morgan fingerprint density at radius 1 is 1.25 bits per heavy atom. The van der Waals surface area contributed by atoms with Crippen LogP contribution in [-0.2, 0) is 20.8 Å². The molecule has 1 rings (SSSR count). The predicted octanol–water partition coefficient (Wildman–Crippen LogP) is 1.59. The SMILES string of the molecule is CC(=O)NC(Cc1cscn1)C(=O)NC(CCC(C)(C)C)C(=O)O. The Kier molecular flexibility index (Phi) is 7.34. The van der Waals surface area contributed by atoms with Gasteiger partial charge in [-0.2, -0.15) is 0 Å². The number of hydrogen-bond donors (Lipinski definition) is 3. The Labute approximate surface area is 145 Å². The van der Waals surface area contributed by atoms with Crippen LogP contribution in [0.25, 0.3) is 0 Å². The largest absolute Gasteiger partial charge is 0.480 e. The van der Waals surface area contributed by atoms with Crippen LogP contribution in [0.3, 0.4) is 0 Å². The molecule has 3 N–H and O–H groups in total. The highest BCUT2D eigenvalue weighted by molar-refractivity contribution is 7.07. The van der Waals surface area contributed by atoms with E-state index in [1.54, 1.807) is 10.9 Å². The minimum atomic E-state index is -1.08. The molecule has 8 heteroatoms. The number of nitrogens with one attached hydrogen (secondary N) is 2. The van der Waals surface area contributed by atoms with Crippen LogP contribution in [0.1, 0.15) is 46.2 Å². The van der Waals surface area contributed by atoms with Crippen LogP contribution in [0, 0.1) is 5.41 Å². The molecule has 0 bridgehead atoms. The molecule has 0 spiro atoms. The molecule has 7 nitrogen and oxygen atoms in total. The number of nitrogens with zero attached hydrogens (tertiary/aromatic N) is 1. The van der Waals surface area contributed by atoms with E-state index in [0.717, 1.165) is 0 Å². The Balaban J connectivity index is 2.75. The van der Waals surface area contributed by atoms with Gasteiger partial charge in [0.25, 0.3) is 0 Å². The molecule has 2 unspecified atom stereocenters. The van der Waals surface area contributed by atoms with Gasteiger partial charge in [0.1, 0.15) is 12.1 Å². The van der Waals surface area contributed by atoms with E-state index in [2.05, 4.69) is 15.6 Å². The number of carboxylic acid groups (broad SMARTS) is 1. The Morgan fingerprint density at radius 2 is 1.92 bits per heavy atom. The van der Waals surface area contributed by atoms with Crippen molar-refractivity contribution in [1.82, 2.24) is 15.6 Å². The molecule has 0 radical (unpaired) electrons. The van der Waals surface area contributed by atoms with E-state index in [1.165, 1.54) is 18.3 Å². The van der Waals surface area contributed by atoms with Gasteiger partial charge in [0.2, 0.25) is 11.8 Å². The van der Waals surface area contributed by atoms with Gasteiger partial charge >= 0.3 is 5.97 Å². The Hall–Kier alpha value is -1.96. The van der Waals surface area contributed by atoms with Crippen molar-refractivity contribution in [2.45, 2.75) is 59.0 Å². The number of aromatic nitrogens is 1. The quantitative estimate of drug-likeness (QED) is 0.656. The lowest BCUT2D eigenvalue weighted by molar-refractivity contribution is -0.142. The molecule has 0 aliphatic carbocycles. The standard InChI is InChI=1S/C16H25N3O4S/c1-10(20)18-13(7-11-8-24-9-17-11)14(21)19-12(15(22)23)5-6-16(2,3)4/h8-9,12-13H,5-7H2,1-4H3,(H,18,20)(H,19,21)(H,22,23). The first kappa shape index (κ1) is 20.1. The van der Waals surface area contributed by atoms with Crippen molar-refractivity contribution in [2.75, 3.05) is 0 Å². The molecule has 0 aliphatic heterocycles. The number of carbonyl (C=O) groups excluding carboxylic acids is 2. The highest BCUT2D eigenvalue weighted by Crippen LogP contribution is 2.21. The fraction of sp³-hybridized carbons (Fsp3) is 0.625. The van der Waals surface area contributed by atoms with Gasteiger partial charge in [-0.05, 0) is 18.3 Å². The van der Waals surface area contributed by atoms with Crippen LogP contribution in [-0.4, -0.2) is 40.0 Å². The zero-order chi connectivity index (χ0) is 18.3. The molecule has 0 saturated heterocycles. The Bertz CT molecular complexity index is 566. The summed E-state index contributed by atoms with van der Waals surface area (Å²) in [5, 5.41) is 16.2.